The summed E-state index contributed by atoms with van der Waals surface area (Å²) in [7, 11) is 0. The monoisotopic (exact) mass is 372 g/mol. The van der Waals surface area contributed by atoms with Crippen LogP contribution in [-0.2, 0) is 4.74 Å². The van der Waals surface area contributed by atoms with E-state index in [9.17, 15) is 9.90 Å². The number of hydrogen-bond donors (Lipinski definition) is 1. The highest BCUT2D eigenvalue weighted by Gasteiger charge is 2.57. The maximum Gasteiger partial charge on any atom is 0.255 e. The van der Waals surface area contributed by atoms with Gasteiger partial charge < -0.3 is 14.7 Å². The minimum atomic E-state index is -0.280. The number of β-amino-alcohol motifs (C(OH)–C–C–N with tert-alkyl or cyclic N) is 1. The van der Waals surface area contributed by atoms with Gasteiger partial charge in [0.25, 0.3) is 5.91 Å². The number of nitrogens with zero attached hydrogens (tertiary/aromatic N) is 4. The van der Waals surface area contributed by atoms with Gasteiger partial charge in [0.1, 0.15) is 0 Å². The summed E-state index contributed by atoms with van der Waals surface area (Å²) in [4.78, 5) is 24.2. The van der Waals surface area contributed by atoms with E-state index in [2.05, 4.69) is 14.8 Å². The summed E-state index contributed by atoms with van der Waals surface area (Å²) < 4.78 is 5.51. The van der Waals surface area contributed by atoms with Crippen molar-refractivity contribution in [3.63, 3.8) is 0 Å². The molecule has 0 unspecified atom stereocenters. The maximum absolute atomic E-state index is 13.1. The lowest BCUT2D eigenvalue weighted by atomic mass is 9.81. The molecule has 0 aliphatic carbocycles. The predicted molar refractivity (Wildman–Crippen MR) is 99.4 cm³/mol. The van der Waals surface area contributed by atoms with Crippen LogP contribution in [0.15, 0.2) is 24.5 Å². The smallest absolute Gasteiger partial charge is 0.255 e. The number of fused-ring (bicyclic) bond motifs is 2. The van der Waals surface area contributed by atoms with Crippen molar-refractivity contribution in [3.05, 3.63) is 30.1 Å². The molecule has 0 bridgehead atoms. The number of carbonyl (C=O) groups is 1. The van der Waals surface area contributed by atoms with Gasteiger partial charge in [-0.25, -0.2) is 0 Å². The Labute approximate surface area is 159 Å². The fourth-order valence-corrected chi connectivity index (χ4v) is 5.54. The Hall–Kier alpha value is -1.54. The lowest BCUT2D eigenvalue weighted by molar-refractivity contribution is -0.129. The fraction of sp³-hybridized carbons (Fsp3) is 0.700. The first-order chi connectivity index (χ1) is 13.1. The lowest BCUT2D eigenvalue weighted by Gasteiger charge is -2.62. The van der Waals surface area contributed by atoms with Crippen LogP contribution in [0, 0.1) is 0 Å². The molecular formula is C20H28N4O3. The number of rotatable bonds is 2. The van der Waals surface area contributed by atoms with E-state index in [-0.39, 0.29) is 23.6 Å². The minimum Gasteiger partial charge on any atom is -0.392 e. The topological polar surface area (TPSA) is 69.1 Å². The molecule has 1 amide bonds. The van der Waals surface area contributed by atoms with E-state index < -0.39 is 0 Å². The molecule has 1 N–H and O–H groups in total. The molecule has 1 spiro atoms. The summed E-state index contributed by atoms with van der Waals surface area (Å²) >= 11 is 0. The van der Waals surface area contributed by atoms with Gasteiger partial charge in [-0.3, -0.25) is 19.6 Å². The predicted octanol–water partition coefficient (Wildman–Crippen LogP) is 0.206. The molecule has 4 aliphatic rings. The van der Waals surface area contributed by atoms with E-state index in [4.69, 9.17) is 4.74 Å². The summed E-state index contributed by atoms with van der Waals surface area (Å²) in [5.74, 6) is 0.0630. The number of amides is 1. The number of ether oxygens (including phenoxy) is 1. The molecule has 146 valence electrons. The third-order valence-corrected chi connectivity index (χ3v) is 6.82. The second-order valence-corrected chi connectivity index (χ2v) is 8.60. The van der Waals surface area contributed by atoms with Crippen LogP contribution in [0.5, 0.6) is 0 Å². The molecule has 0 saturated carbocycles. The molecule has 1 aromatic rings. The van der Waals surface area contributed by atoms with E-state index >= 15 is 0 Å². The zero-order chi connectivity index (χ0) is 18.4. The quantitative estimate of drug-likeness (QED) is 0.800. The third-order valence-electron chi connectivity index (χ3n) is 6.82. The summed E-state index contributed by atoms with van der Waals surface area (Å²) in [6.45, 7) is 5.85. The van der Waals surface area contributed by atoms with E-state index in [0.717, 1.165) is 58.7 Å². The molecule has 5 rings (SSSR count). The Balaban J connectivity index is 1.35. The van der Waals surface area contributed by atoms with Gasteiger partial charge in [-0.05, 0) is 31.4 Å². The van der Waals surface area contributed by atoms with Crippen LogP contribution in [0.4, 0.5) is 0 Å². The molecule has 5 heterocycles. The van der Waals surface area contributed by atoms with Crippen molar-refractivity contribution >= 4 is 5.91 Å². The van der Waals surface area contributed by atoms with E-state index in [1.807, 2.05) is 17.0 Å². The highest BCUT2D eigenvalue weighted by molar-refractivity contribution is 5.94. The molecule has 4 saturated heterocycles. The zero-order valence-corrected chi connectivity index (χ0v) is 15.7. The standard InChI is InChI=1S/C20H28N4O3/c25-18-8-17-10-22(19(26)15-2-1-5-21-9-15)12-20(24(17)11-18)13-23(14-20)16-3-6-27-7-4-16/h1-2,5,9,16-18,25H,3-4,6-8,10-14H2/t17-,18-/m1/s1. The average Bonchev–Trinajstić information content (AvgIpc) is 3.06. The summed E-state index contributed by atoms with van der Waals surface area (Å²) in [5, 5.41) is 10.3. The SMILES string of the molecule is O=C(c1cccnc1)N1C[C@H]2C[C@@H](O)CN2C2(C1)CN(C1CCOCC1)C2. The second-order valence-electron chi connectivity index (χ2n) is 8.60. The van der Waals surface area contributed by atoms with Gasteiger partial charge >= 0.3 is 0 Å². The molecule has 0 radical (unpaired) electrons. The molecule has 0 aromatic carbocycles. The zero-order valence-electron chi connectivity index (χ0n) is 15.7. The minimum absolute atomic E-state index is 0.0173. The third kappa shape index (κ3) is 3.06. The molecule has 4 fully saturated rings. The van der Waals surface area contributed by atoms with Gasteiger partial charge in [0.15, 0.2) is 0 Å². The van der Waals surface area contributed by atoms with Crippen molar-refractivity contribution in [2.24, 2.45) is 0 Å². The van der Waals surface area contributed by atoms with Crippen molar-refractivity contribution in [2.45, 2.75) is 43.0 Å². The van der Waals surface area contributed by atoms with Crippen molar-refractivity contribution in [1.29, 1.82) is 0 Å². The molecule has 2 atom stereocenters. The first-order valence-corrected chi connectivity index (χ1v) is 10.1. The van der Waals surface area contributed by atoms with E-state index in [1.54, 1.807) is 12.4 Å². The number of piperazine rings is 1. The van der Waals surface area contributed by atoms with E-state index in [1.165, 1.54) is 0 Å². The fourth-order valence-electron chi connectivity index (χ4n) is 5.54. The van der Waals surface area contributed by atoms with Gasteiger partial charge in [0.2, 0.25) is 0 Å². The van der Waals surface area contributed by atoms with E-state index in [0.29, 0.717) is 18.2 Å². The molecular weight excluding hydrogens is 344 g/mol. The Bertz CT molecular complexity index is 688. The largest absolute Gasteiger partial charge is 0.392 e. The number of aromatic nitrogens is 1. The second kappa shape index (κ2) is 6.81. The average molecular weight is 372 g/mol. The van der Waals surface area contributed by atoms with Gasteiger partial charge in [0, 0.05) is 70.4 Å². The molecule has 27 heavy (non-hydrogen) atoms. The van der Waals surface area contributed by atoms with Crippen LogP contribution in [-0.4, -0.2) is 100 Å². The first kappa shape index (κ1) is 17.6. The molecule has 7 nitrogen and oxygen atoms in total. The van der Waals surface area contributed by atoms with Gasteiger partial charge in [-0.2, -0.15) is 0 Å². The van der Waals surface area contributed by atoms with Crippen LogP contribution in [0.1, 0.15) is 29.6 Å². The Morgan fingerprint density at radius 1 is 1.19 bits per heavy atom. The van der Waals surface area contributed by atoms with Crippen molar-refractivity contribution in [1.82, 2.24) is 19.7 Å². The molecule has 1 aromatic heterocycles. The van der Waals surface area contributed by atoms with Gasteiger partial charge in [-0.1, -0.05) is 0 Å². The number of aliphatic hydroxyl groups is 1. The van der Waals surface area contributed by atoms with Gasteiger partial charge in [-0.15, -0.1) is 0 Å². The van der Waals surface area contributed by atoms with Crippen LogP contribution in [0.25, 0.3) is 0 Å². The highest BCUT2D eigenvalue weighted by atomic mass is 16.5. The summed E-state index contributed by atoms with van der Waals surface area (Å²) in [5.41, 5.74) is 0.636. The maximum atomic E-state index is 13.1. The van der Waals surface area contributed by atoms with Crippen LogP contribution in [0.2, 0.25) is 0 Å². The van der Waals surface area contributed by atoms with Crippen molar-refractivity contribution in [2.75, 3.05) is 45.9 Å². The number of hydrogen-bond acceptors (Lipinski definition) is 6. The summed E-state index contributed by atoms with van der Waals surface area (Å²) in [6.07, 6.45) is 6.02. The summed E-state index contributed by atoms with van der Waals surface area (Å²) in [6, 6.07) is 4.51. The first-order valence-electron chi connectivity index (χ1n) is 10.1. The van der Waals surface area contributed by atoms with Crippen LogP contribution >= 0.6 is 0 Å². The van der Waals surface area contributed by atoms with Gasteiger partial charge in [0.05, 0.1) is 17.2 Å². The van der Waals surface area contributed by atoms with Crippen molar-refractivity contribution in [3.8, 4) is 0 Å². The Morgan fingerprint density at radius 2 is 2.00 bits per heavy atom. The Morgan fingerprint density at radius 3 is 2.74 bits per heavy atom. The number of carbonyl (C=O) groups excluding carboxylic acids is 1. The normalized spacial score (nSPS) is 31.7. The molecule has 4 aliphatic heterocycles. The number of likely N-dealkylation sites (tertiary alicyclic amines) is 1. The Kier molecular flexibility index (Phi) is 4.43. The number of aliphatic hydroxyl groups excluding tert-OH is 1. The van der Waals surface area contributed by atoms with Crippen LogP contribution in [0.3, 0.4) is 0 Å². The van der Waals surface area contributed by atoms with Crippen LogP contribution < -0.4 is 0 Å². The van der Waals surface area contributed by atoms with Crippen molar-refractivity contribution < 1.29 is 14.6 Å². The number of pyridine rings is 1. The lowest BCUT2D eigenvalue weighted by Crippen LogP contribution is -2.79. The molecule has 7 heteroatoms. The highest BCUT2D eigenvalue weighted by Crippen LogP contribution is 2.41.